The highest BCUT2D eigenvalue weighted by Crippen LogP contribution is 2.39. The minimum absolute atomic E-state index is 0.696. The quantitative estimate of drug-likeness (QED) is 0.172. The lowest BCUT2D eigenvalue weighted by molar-refractivity contribution is 0.655. The van der Waals surface area contributed by atoms with Crippen LogP contribution in [0.2, 0.25) is 0 Å². The van der Waals surface area contributed by atoms with E-state index in [1.54, 1.807) is 31.0 Å². The number of nitrogens with zero attached hydrogens (tertiary/aromatic N) is 4. The number of para-hydroxylation sites is 4. The molecule has 0 aliphatic heterocycles. The summed E-state index contributed by atoms with van der Waals surface area (Å²) in [5.41, 5.74) is 22.0. The maximum Gasteiger partial charge on any atom is 0.227 e. The van der Waals surface area contributed by atoms with Crippen LogP contribution in [0.25, 0.3) is 133 Å². The molecule has 8 aromatic heterocycles. The minimum Gasteiger partial charge on any atom is -0.455 e. The van der Waals surface area contributed by atoms with Crippen molar-refractivity contribution >= 4 is 88.0 Å². The summed E-state index contributed by atoms with van der Waals surface area (Å²) in [5, 5.41) is 7.69. The Bertz CT molecular complexity index is 4240. The zero-order valence-electron chi connectivity index (χ0n) is 44.5. The standard InChI is InChI=1S/4C18H13NO/c1-12-7-9-13(10-8-12)14-4-2-5-15-17-16(20-18(14)15)6-3-11-19-17;1-12-7-9-13(10-8-12)14-4-2-5-15-16-6-3-11-19-18(16)20-17(14)15;1-12-5-7-13(8-6-12)14-3-2-4-16-15-9-10-19-11-17(15)20-18(14)16;1-12-5-7-13(8-6-12)14-3-2-4-15-16-11-19-10-9-17(16)20-18(14)15/h4*2-11H,1H3. The van der Waals surface area contributed by atoms with Crippen molar-refractivity contribution in [3.8, 4) is 44.5 Å². The molecule has 0 saturated carbocycles. The number of hydrogen-bond donors (Lipinski definition) is 0. The first-order chi connectivity index (χ1) is 39.3. The number of fused-ring (bicyclic) bond motifs is 12. The van der Waals surface area contributed by atoms with Gasteiger partial charge in [0, 0.05) is 90.9 Å². The van der Waals surface area contributed by atoms with E-state index in [1.165, 1.54) is 44.5 Å². The van der Waals surface area contributed by atoms with E-state index in [1.807, 2.05) is 42.6 Å². The Balaban J connectivity index is 0.000000101. The lowest BCUT2D eigenvalue weighted by Crippen LogP contribution is -1.79. The SMILES string of the molecule is Cc1ccc(-c2cccc3c2oc2cccnc23)cc1.Cc1ccc(-c2cccc3c2oc2ccncc23)cc1.Cc1ccc(-c2cccc3c2oc2cnccc23)cc1.Cc1ccc(-c2cccc3c2oc2ncccc23)cc1. The number of aromatic nitrogens is 4. The van der Waals surface area contributed by atoms with E-state index in [0.29, 0.717) is 5.71 Å². The van der Waals surface area contributed by atoms with Crippen LogP contribution in [-0.2, 0) is 0 Å². The fraction of sp³-hybridized carbons (Fsp3) is 0.0556. The van der Waals surface area contributed by atoms with E-state index in [4.69, 9.17) is 17.7 Å². The zero-order chi connectivity index (χ0) is 54.1. The molecule has 0 aliphatic rings. The maximum atomic E-state index is 6.03. The Labute approximate surface area is 461 Å². The molecular weight excluding hydrogens is 985 g/mol. The van der Waals surface area contributed by atoms with E-state index in [9.17, 15) is 0 Å². The Morgan fingerprint density at radius 2 is 0.662 bits per heavy atom. The van der Waals surface area contributed by atoms with Crippen LogP contribution < -0.4 is 0 Å². The average Bonchev–Trinajstić information content (AvgIpc) is 4.38. The molecule has 0 N–H and O–H groups in total. The summed E-state index contributed by atoms with van der Waals surface area (Å²) < 4.78 is 24.0. The Kier molecular flexibility index (Phi) is 13.0. The fourth-order valence-electron chi connectivity index (χ4n) is 10.4. The van der Waals surface area contributed by atoms with Crippen LogP contribution in [0.3, 0.4) is 0 Å². The molecule has 16 rings (SSSR count). The van der Waals surface area contributed by atoms with Gasteiger partial charge in [0.1, 0.15) is 33.4 Å². The van der Waals surface area contributed by atoms with Gasteiger partial charge in [-0.1, -0.05) is 186 Å². The van der Waals surface area contributed by atoms with Crippen molar-refractivity contribution in [3.63, 3.8) is 0 Å². The molecule has 0 atom stereocenters. The summed E-state index contributed by atoms with van der Waals surface area (Å²) in [6.07, 6.45) is 10.8. The summed E-state index contributed by atoms with van der Waals surface area (Å²) >= 11 is 0. The Morgan fingerprint density at radius 3 is 1.21 bits per heavy atom. The highest BCUT2D eigenvalue weighted by atomic mass is 16.3. The molecule has 0 spiro atoms. The average molecular weight is 1040 g/mol. The molecule has 16 aromatic rings. The van der Waals surface area contributed by atoms with Crippen molar-refractivity contribution in [2.24, 2.45) is 0 Å². The molecule has 0 amide bonds. The predicted molar refractivity (Wildman–Crippen MR) is 327 cm³/mol. The molecule has 8 heterocycles. The third kappa shape index (κ3) is 9.49. The number of aryl methyl sites for hydroxylation is 4. The van der Waals surface area contributed by atoms with Gasteiger partial charge in [-0.05, 0) is 92.4 Å². The van der Waals surface area contributed by atoms with Gasteiger partial charge in [0.15, 0.2) is 11.2 Å². The van der Waals surface area contributed by atoms with Crippen molar-refractivity contribution in [2.45, 2.75) is 27.7 Å². The smallest absolute Gasteiger partial charge is 0.227 e. The molecule has 0 unspecified atom stereocenters. The van der Waals surface area contributed by atoms with E-state index in [2.05, 4.69) is 217 Å². The van der Waals surface area contributed by atoms with E-state index in [0.717, 1.165) is 105 Å². The van der Waals surface area contributed by atoms with Crippen molar-refractivity contribution in [3.05, 3.63) is 266 Å². The minimum atomic E-state index is 0.696. The molecule has 8 heteroatoms. The number of rotatable bonds is 4. The molecular formula is C72H52N4O4. The Hall–Kier alpha value is -10.4. The first kappa shape index (κ1) is 49.2. The Morgan fingerprint density at radius 1 is 0.263 bits per heavy atom. The van der Waals surface area contributed by atoms with Gasteiger partial charge in [-0.2, -0.15) is 0 Å². The second kappa shape index (κ2) is 21.2. The zero-order valence-corrected chi connectivity index (χ0v) is 44.5. The second-order valence-corrected chi connectivity index (χ2v) is 20.1. The molecule has 384 valence electrons. The van der Waals surface area contributed by atoms with Crippen LogP contribution in [0.4, 0.5) is 0 Å². The predicted octanol–water partition coefficient (Wildman–Crippen LogP) is 19.8. The van der Waals surface area contributed by atoms with Gasteiger partial charge in [-0.3, -0.25) is 15.0 Å². The largest absolute Gasteiger partial charge is 0.455 e. The van der Waals surface area contributed by atoms with Gasteiger partial charge in [-0.25, -0.2) is 4.98 Å². The summed E-state index contributed by atoms with van der Waals surface area (Å²) in [6.45, 7) is 8.37. The monoisotopic (exact) mass is 1040 g/mol. The second-order valence-electron chi connectivity index (χ2n) is 20.1. The van der Waals surface area contributed by atoms with Crippen LogP contribution in [0.5, 0.6) is 0 Å². The van der Waals surface area contributed by atoms with E-state index >= 15 is 0 Å². The van der Waals surface area contributed by atoms with Crippen LogP contribution >= 0.6 is 0 Å². The summed E-state index contributed by atoms with van der Waals surface area (Å²) in [5.74, 6) is 0. The van der Waals surface area contributed by atoms with Crippen LogP contribution in [0.15, 0.2) is 261 Å². The van der Waals surface area contributed by atoms with E-state index < -0.39 is 0 Å². The molecule has 8 nitrogen and oxygen atoms in total. The van der Waals surface area contributed by atoms with Crippen molar-refractivity contribution in [1.29, 1.82) is 0 Å². The van der Waals surface area contributed by atoms with Crippen molar-refractivity contribution in [2.75, 3.05) is 0 Å². The molecule has 80 heavy (non-hydrogen) atoms. The van der Waals surface area contributed by atoms with Gasteiger partial charge < -0.3 is 17.7 Å². The van der Waals surface area contributed by atoms with Crippen LogP contribution in [0.1, 0.15) is 22.3 Å². The molecule has 0 bridgehead atoms. The first-order valence-electron chi connectivity index (χ1n) is 26.6. The number of benzene rings is 8. The van der Waals surface area contributed by atoms with E-state index in [-0.39, 0.29) is 0 Å². The summed E-state index contributed by atoms with van der Waals surface area (Å²) in [4.78, 5) is 17.0. The highest BCUT2D eigenvalue weighted by molar-refractivity contribution is 6.11. The molecule has 0 fully saturated rings. The topological polar surface area (TPSA) is 104 Å². The normalized spacial score (nSPS) is 11.2. The number of pyridine rings is 4. The van der Waals surface area contributed by atoms with Gasteiger partial charge >= 0.3 is 0 Å². The van der Waals surface area contributed by atoms with Gasteiger partial charge in [0.05, 0.1) is 6.20 Å². The lowest BCUT2D eigenvalue weighted by atomic mass is 10.0. The maximum absolute atomic E-state index is 6.03. The lowest BCUT2D eigenvalue weighted by Gasteiger charge is -2.03. The molecule has 0 aliphatic carbocycles. The molecule has 8 aromatic carbocycles. The highest BCUT2D eigenvalue weighted by Gasteiger charge is 2.16. The third-order valence-electron chi connectivity index (χ3n) is 14.6. The third-order valence-corrected chi connectivity index (χ3v) is 14.6. The first-order valence-corrected chi connectivity index (χ1v) is 26.6. The number of furan rings is 4. The summed E-state index contributed by atoms with van der Waals surface area (Å²) in [6, 6.07) is 70.8. The summed E-state index contributed by atoms with van der Waals surface area (Å²) in [7, 11) is 0. The van der Waals surface area contributed by atoms with Crippen LogP contribution in [-0.4, -0.2) is 19.9 Å². The number of hydrogen-bond acceptors (Lipinski definition) is 8. The fourth-order valence-corrected chi connectivity index (χ4v) is 10.4. The van der Waals surface area contributed by atoms with Crippen molar-refractivity contribution < 1.29 is 17.7 Å². The van der Waals surface area contributed by atoms with Gasteiger partial charge in [0.25, 0.3) is 0 Å². The van der Waals surface area contributed by atoms with Crippen molar-refractivity contribution in [1.82, 2.24) is 19.9 Å². The van der Waals surface area contributed by atoms with Gasteiger partial charge in [0.2, 0.25) is 5.71 Å². The molecule has 0 saturated heterocycles. The molecule has 0 radical (unpaired) electrons. The van der Waals surface area contributed by atoms with Crippen LogP contribution in [0, 0.1) is 27.7 Å². The van der Waals surface area contributed by atoms with Gasteiger partial charge in [-0.15, -0.1) is 0 Å².